The maximum atomic E-state index is 12.5. The van der Waals surface area contributed by atoms with Gasteiger partial charge in [-0.25, -0.2) is 14.4 Å². The van der Waals surface area contributed by atoms with Gasteiger partial charge in [0.05, 0.1) is 31.3 Å². The minimum atomic E-state index is -0.901. The minimum absolute atomic E-state index is 0.226. The summed E-state index contributed by atoms with van der Waals surface area (Å²) in [5.74, 6) is -0.582. The van der Waals surface area contributed by atoms with Crippen LogP contribution in [0.5, 0.6) is 0 Å². The number of esters is 1. The quantitative estimate of drug-likeness (QED) is 0.399. The van der Waals surface area contributed by atoms with E-state index < -0.39 is 34.7 Å². The molecular weight excluding hydrogens is 396 g/mol. The summed E-state index contributed by atoms with van der Waals surface area (Å²) >= 11 is 3.68. The standard InChI is InChI=1S/C16H17BrN2O6/c1-23-12(20)11-8-16(17)9-6-4-5-7-10(9)18(14(21)24-2)13(16)19(11)15(22)25-3/h4-7,11,13H,8H2,1-3H3/t11-,13+,16-/m0/s1. The molecule has 2 heterocycles. The second kappa shape index (κ2) is 6.21. The number of ether oxygens (including phenoxy) is 3. The van der Waals surface area contributed by atoms with Crippen LogP contribution in [0.4, 0.5) is 15.3 Å². The van der Waals surface area contributed by atoms with Crippen molar-refractivity contribution in [1.29, 1.82) is 0 Å². The first-order chi connectivity index (χ1) is 11.9. The molecule has 1 saturated heterocycles. The van der Waals surface area contributed by atoms with E-state index in [0.29, 0.717) is 5.69 Å². The molecule has 0 bridgehead atoms. The van der Waals surface area contributed by atoms with Crippen molar-refractivity contribution in [2.24, 2.45) is 0 Å². The number of carbonyl (C=O) groups is 3. The predicted octanol–water partition coefficient (Wildman–Crippen LogP) is 2.20. The van der Waals surface area contributed by atoms with E-state index in [1.54, 1.807) is 12.1 Å². The fourth-order valence-electron chi connectivity index (χ4n) is 3.58. The van der Waals surface area contributed by atoms with Gasteiger partial charge in [-0.1, -0.05) is 34.1 Å². The van der Waals surface area contributed by atoms with Crippen molar-refractivity contribution in [2.45, 2.75) is 23.0 Å². The number of amides is 2. The van der Waals surface area contributed by atoms with Gasteiger partial charge in [0, 0.05) is 6.42 Å². The number of hydrogen-bond donors (Lipinski definition) is 0. The molecule has 8 nitrogen and oxygen atoms in total. The van der Waals surface area contributed by atoms with E-state index >= 15 is 0 Å². The Hall–Kier alpha value is -2.29. The lowest BCUT2D eigenvalue weighted by molar-refractivity contribution is -0.145. The molecule has 0 radical (unpaired) electrons. The Bertz CT molecular complexity index is 741. The van der Waals surface area contributed by atoms with E-state index in [2.05, 4.69) is 15.9 Å². The van der Waals surface area contributed by atoms with Crippen LogP contribution in [0.2, 0.25) is 0 Å². The van der Waals surface area contributed by atoms with Gasteiger partial charge in [0.1, 0.15) is 12.2 Å². The molecule has 0 unspecified atom stereocenters. The fourth-order valence-corrected chi connectivity index (χ4v) is 4.65. The molecule has 2 aliphatic rings. The number of likely N-dealkylation sites (tertiary alicyclic amines) is 1. The van der Waals surface area contributed by atoms with Crippen molar-refractivity contribution in [3.8, 4) is 0 Å². The second-order valence-electron chi connectivity index (χ2n) is 5.71. The Morgan fingerprint density at radius 2 is 1.72 bits per heavy atom. The fraction of sp³-hybridized carbons (Fsp3) is 0.438. The Labute approximate surface area is 152 Å². The Kier molecular flexibility index (Phi) is 4.36. The third-order valence-electron chi connectivity index (χ3n) is 4.58. The summed E-state index contributed by atoms with van der Waals surface area (Å²) in [5.41, 5.74) is 1.39. The highest BCUT2D eigenvalue weighted by molar-refractivity contribution is 9.09. The highest BCUT2D eigenvalue weighted by Crippen LogP contribution is 2.58. The second-order valence-corrected chi connectivity index (χ2v) is 7.13. The molecule has 1 aromatic rings. The van der Waals surface area contributed by atoms with Crippen LogP contribution in [0.25, 0.3) is 0 Å². The highest BCUT2D eigenvalue weighted by atomic mass is 79.9. The zero-order valence-electron chi connectivity index (χ0n) is 13.9. The van der Waals surface area contributed by atoms with Gasteiger partial charge in [-0.15, -0.1) is 0 Å². The summed E-state index contributed by atoms with van der Waals surface area (Å²) in [5, 5.41) is 0. The molecule has 1 fully saturated rings. The number of para-hydroxylation sites is 1. The number of rotatable bonds is 1. The number of carbonyl (C=O) groups excluding carboxylic acids is 3. The van der Waals surface area contributed by atoms with Crippen LogP contribution >= 0.6 is 15.9 Å². The number of halogens is 1. The average molecular weight is 413 g/mol. The molecule has 9 heteroatoms. The molecule has 0 aliphatic carbocycles. The van der Waals surface area contributed by atoms with Crippen LogP contribution in [0.3, 0.4) is 0 Å². The summed E-state index contributed by atoms with van der Waals surface area (Å²) < 4.78 is 13.7. The van der Waals surface area contributed by atoms with E-state index in [0.717, 1.165) is 5.56 Å². The van der Waals surface area contributed by atoms with Crippen LogP contribution in [-0.4, -0.2) is 56.6 Å². The molecule has 3 atom stereocenters. The topological polar surface area (TPSA) is 85.4 Å². The number of benzene rings is 1. The van der Waals surface area contributed by atoms with Crippen molar-refractivity contribution in [2.75, 3.05) is 26.2 Å². The van der Waals surface area contributed by atoms with Crippen LogP contribution in [0.1, 0.15) is 12.0 Å². The van der Waals surface area contributed by atoms with E-state index in [4.69, 9.17) is 14.2 Å². The molecule has 0 aromatic heterocycles. The maximum absolute atomic E-state index is 12.5. The Balaban J connectivity index is 2.19. The van der Waals surface area contributed by atoms with Gasteiger partial charge in [0.2, 0.25) is 0 Å². The van der Waals surface area contributed by atoms with Gasteiger partial charge in [0.25, 0.3) is 0 Å². The van der Waals surface area contributed by atoms with Crippen molar-refractivity contribution in [3.63, 3.8) is 0 Å². The molecule has 0 N–H and O–H groups in total. The van der Waals surface area contributed by atoms with E-state index in [-0.39, 0.29) is 6.42 Å². The Morgan fingerprint density at radius 1 is 1.08 bits per heavy atom. The van der Waals surface area contributed by atoms with Crippen LogP contribution in [0, 0.1) is 0 Å². The van der Waals surface area contributed by atoms with Crippen LogP contribution < -0.4 is 4.90 Å². The lowest BCUT2D eigenvalue weighted by atomic mass is 9.96. The van der Waals surface area contributed by atoms with Gasteiger partial charge in [-0.05, 0) is 11.6 Å². The molecule has 1 aromatic carbocycles. The zero-order chi connectivity index (χ0) is 18.4. The largest absolute Gasteiger partial charge is 0.467 e. The van der Waals surface area contributed by atoms with Crippen molar-refractivity contribution in [1.82, 2.24) is 4.90 Å². The van der Waals surface area contributed by atoms with Crippen molar-refractivity contribution in [3.05, 3.63) is 29.8 Å². The van der Waals surface area contributed by atoms with Crippen LogP contribution in [0.15, 0.2) is 24.3 Å². The molecule has 25 heavy (non-hydrogen) atoms. The Morgan fingerprint density at radius 3 is 2.32 bits per heavy atom. The molecule has 2 aliphatic heterocycles. The molecule has 0 saturated carbocycles. The smallest absolute Gasteiger partial charge is 0.415 e. The first-order valence-electron chi connectivity index (χ1n) is 7.50. The predicted molar refractivity (Wildman–Crippen MR) is 90.4 cm³/mol. The van der Waals surface area contributed by atoms with Gasteiger partial charge in [-0.2, -0.15) is 0 Å². The first kappa shape index (κ1) is 17.5. The number of nitrogens with zero attached hydrogens (tertiary/aromatic N) is 2. The number of fused-ring (bicyclic) bond motifs is 3. The summed E-state index contributed by atoms with van der Waals surface area (Å²) in [6.07, 6.45) is -1.97. The lowest BCUT2D eigenvalue weighted by Gasteiger charge is -2.34. The summed E-state index contributed by atoms with van der Waals surface area (Å²) in [7, 11) is 3.72. The lowest BCUT2D eigenvalue weighted by Crippen LogP contribution is -2.55. The molecule has 0 spiro atoms. The highest BCUT2D eigenvalue weighted by Gasteiger charge is 2.65. The summed E-state index contributed by atoms with van der Waals surface area (Å²) in [6.45, 7) is 0. The summed E-state index contributed by atoms with van der Waals surface area (Å²) in [6, 6.07) is 6.31. The van der Waals surface area contributed by atoms with E-state index in [9.17, 15) is 14.4 Å². The van der Waals surface area contributed by atoms with Gasteiger partial charge < -0.3 is 14.2 Å². The van der Waals surface area contributed by atoms with E-state index in [1.165, 1.54) is 31.1 Å². The first-order valence-corrected chi connectivity index (χ1v) is 8.29. The number of hydrogen-bond acceptors (Lipinski definition) is 6. The van der Waals surface area contributed by atoms with Gasteiger partial charge >= 0.3 is 18.2 Å². The van der Waals surface area contributed by atoms with Gasteiger partial charge in [0.15, 0.2) is 0 Å². The third kappa shape index (κ3) is 2.37. The minimum Gasteiger partial charge on any atom is -0.467 e. The third-order valence-corrected chi connectivity index (χ3v) is 5.75. The SMILES string of the molecule is COC(=O)[C@@H]1C[C@]2(Br)c3ccccc3N(C(=O)OC)[C@@H]2N1C(=O)OC. The van der Waals surface area contributed by atoms with Crippen LogP contribution in [-0.2, 0) is 23.3 Å². The molecule has 3 rings (SSSR count). The maximum Gasteiger partial charge on any atom is 0.415 e. The number of anilines is 1. The monoisotopic (exact) mass is 412 g/mol. The molecule has 2 amide bonds. The zero-order valence-corrected chi connectivity index (χ0v) is 15.5. The molecule has 134 valence electrons. The number of methoxy groups -OCH3 is 3. The van der Waals surface area contributed by atoms with E-state index in [1.807, 2.05) is 12.1 Å². The normalized spacial score (nSPS) is 26.7. The molecular formula is C16H17BrN2O6. The van der Waals surface area contributed by atoms with Crippen molar-refractivity contribution < 1.29 is 28.6 Å². The van der Waals surface area contributed by atoms with Gasteiger partial charge in [-0.3, -0.25) is 9.80 Å². The number of alkyl halides is 1. The van der Waals surface area contributed by atoms with Crippen molar-refractivity contribution >= 4 is 39.8 Å². The summed E-state index contributed by atoms with van der Waals surface area (Å²) in [4.78, 5) is 39.7. The average Bonchev–Trinajstić information content (AvgIpc) is 3.07.